The number of carbonyl (C=O) groups is 1. The van der Waals surface area contributed by atoms with E-state index >= 15 is 0 Å². The summed E-state index contributed by atoms with van der Waals surface area (Å²) in [4.78, 5) is 23.4. The van der Waals surface area contributed by atoms with Gasteiger partial charge in [-0.25, -0.2) is 4.98 Å². The van der Waals surface area contributed by atoms with Crippen molar-refractivity contribution >= 4 is 17.4 Å². The second kappa shape index (κ2) is 8.07. The van der Waals surface area contributed by atoms with E-state index in [-0.39, 0.29) is 11.9 Å². The molecule has 1 saturated heterocycles. The Balaban J connectivity index is 1.80. The van der Waals surface area contributed by atoms with Crippen molar-refractivity contribution in [1.29, 1.82) is 0 Å². The number of methoxy groups -OCH3 is 1. The van der Waals surface area contributed by atoms with Gasteiger partial charge in [0.25, 0.3) is 0 Å². The molecular formula is C19H24N4O2. The van der Waals surface area contributed by atoms with Gasteiger partial charge < -0.3 is 15.0 Å². The summed E-state index contributed by atoms with van der Waals surface area (Å²) in [5.41, 5.74) is 2.80. The van der Waals surface area contributed by atoms with Crippen LogP contribution in [0, 0.1) is 6.92 Å². The zero-order valence-electron chi connectivity index (χ0n) is 14.7. The first kappa shape index (κ1) is 17.4. The average molecular weight is 340 g/mol. The molecule has 0 radical (unpaired) electrons. The van der Waals surface area contributed by atoms with E-state index in [0.29, 0.717) is 13.0 Å². The number of aryl methyl sites for hydroxylation is 1. The number of rotatable bonds is 6. The van der Waals surface area contributed by atoms with E-state index in [9.17, 15) is 4.79 Å². The highest BCUT2D eigenvalue weighted by Gasteiger charge is 2.30. The van der Waals surface area contributed by atoms with E-state index in [1.807, 2.05) is 42.2 Å². The van der Waals surface area contributed by atoms with Crippen LogP contribution < -0.4 is 5.32 Å². The molecule has 1 fully saturated rings. The van der Waals surface area contributed by atoms with E-state index in [1.165, 1.54) is 0 Å². The van der Waals surface area contributed by atoms with Gasteiger partial charge in [0.1, 0.15) is 5.82 Å². The lowest BCUT2D eigenvalue weighted by atomic mass is 10.1. The van der Waals surface area contributed by atoms with E-state index in [0.717, 1.165) is 42.3 Å². The van der Waals surface area contributed by atoms with Gasteiger partial charge >= 0.3 is 0 Å². The van der Waals surface area contributed by atoms with E-state index in [2.05, 4.69) is 15.3 Å². The lowest BCUT2D eigenvalue weighted by molar-refractivity contribution is -0.133. The number of anilines is 2. The Morgan fingerprint density at radius 2 is 2.28 bits per heavy atom. The van der Waals surface area contributed by atoms with Crippen LogP contribution in [-0.4, -0.2) is 41.0 Å². The molecule has 3 rings (SSSR count). The number of hydrogen-bond donors (Lipinski definition) is 1. The molecule has 1 amide bonds. The Labute approximate surface area is 148 Å². The molecule has 0 saturated carbocycles. The van der Waals surface area contributed by atoms with Crippen LogP contribution in [0.1, 0.15) is 36.7 Å². The summed E-state index contributed by atoms with van der Waals surface area (Å²) in [5.74, 6) is 0.922. The fourth-order valence-corrected chi connectivity index (χ4v) is 3.23. The standard InChI is InChI=1S/C19H24N4O2/c1-14-12-15(22-18-7-3-4-9-20-18)13-16(21-14)17-6-5-10-23(17)19(24)8-11-25-2/h3-4,7,9,12-13,17H,5-6,8,10-11H2,1-2H3,(H,20,21,22)/t17-/m0/s1. The number of nitrogens with zero attached hydrogens (tertiary/aromatic N) is 3. The number of hydrogen-bond acceptors (Lipinski definition) is 5. The quantitative estimate of drug-likeness (QED) is 0.874. The maximum Gasteiger partial charge on any atom is 0.225 e. The van der Waals surface area contributed by atoms with Crippen molar-refractivity contribution in [3.63, 3.8) is 0 Å². The molecule has 0 bridgehead atoms. The van der Waals surface area contributed by atoms with Gasteiger partial charge in [0.15, 0.2) is 0 Å². The monoisotopic (exact) mass is 340 g/mol. The molecule has 6 heteroatoms. The summed E-state index contributed by atoms with van der Waals surface area (Å²) in [6, 6.07) is 9.80. The predicted octanol–water partition coefficient (Wildman–Crippen LogP) is 3.23. The van der Waals surface area contributed by atoms with E-state index < -0.39 is 0 Å². The molecule has 0 unspecified atom stereocenters. The minimum absolute atomic E-state index is 0.0357. The molecule has 1 atom stereocenters. The molecule has 2 aromatic heterocycles. The van der Waals surface area contributed by atoms with Gasteiger partial charge in [-0.05, 0) is 44.0 Å². The summed E-state index contributed by atoms with van der Waals surface area (Å²) in [6.07, 6.45) is 4.11. The Kier molecular flexibility index (Phi) is 5.60. The molecular weight excluding hydrogens is 316 g/mol. The number of pyridine rings is 2. The highest BCUT2D eigenvalue weighted by Crippen LogP contribution is 2.33. The third-order valence-electron chi connectivity index (χ3n) is 4.35. The van der Waals surface area contributed by atoms with Crippen LogP contribution in [0.5, 0.6) is 0 Å². The fourth-order valence-electron chi connectivity index (χ4n) is 3.23. The average Bonchev–Trinajstić information content (AvgIpc) is 3.10. The molecule has 2 aromatic rings. The number of amides is 1. The lowest BCUT2D eigenvalue weighted by Gasteiger charge is -2.25. The maximum absolute atomic E-state index is 12.4. The van der Waals surface area contributed by atoms with Crippen LogP contribution >= 0.6 is 0 Å². The summed E-state index contributed by atoms with van der Waals surface area (Å²) in [7, 11) is 1.62. The first-order chi connectivity index (χ1) is 12.2. The largest absolute Gasteiger partial charge is 0.384 e. The number of ether oxygens (including phenoxy) is 1. The first-order valence-electron chi connectivity index (χ1n) is 8.62. The van der Waals surface area contributed by atoms with Gasteiger partial charge in [-0.15, -0.1) is 0 Å². The molecule has 1 N–H and O–H groups in total. The van der Waals surface area contributed by atoms with Crippen LogP contribution in [0.15, 0.2) is 36.5 Å². The zero-order chi connectivity index (χ0) is 17.6. The molecule has 0 spiro atoms. The Morgan fingerprint density at radius 3 is 3.04 bits per heavy atom. The Hall–Kier alpha value is -2.47. The smallest absolute Gasteiger partial charge is 0.225 e. The van der Waals surface area contributed by atoms with Crippen molar-refractivity contribution in [2.24, 2.45) is 0 Å². The summed E-state index contributed by atoms with van der Waals surface area (Å²) in [6.45, 7) is 3.21. The Morgan fingerprint density at radius 1 is 1.40 bits per heavy atom. The number of aromatic nitrogens is 2. The zero-order valence-corrected chi connectivity index (χ0v) is 14.7. The normalized spacial score (nSPS) is 16.9. The molecule has 1 aliphatic rings. The van der Waals surface area contributed by atoms with Gasteiger partial charge in [0.05, 0.1) is 24.8 Å². The van der Waals surface area contributed by atoms with Crippen molar-refractivity contribution in [2.75, 3.05) is 25.6 Å². The van der Waals surface area contributed by atoms with Crippen molar-refractivity contribution in [1.82, 2.24) is 14.9 Å². The van der Waals surface area contributed by atoms with Crippen LogP contribution in [-0.2, 0) is 9.53 Å². The summed E-state index contributed by atoms with van der Waals surface area (Å²) in [5, 5.41) is 3.31. The molecule has 25 heavy (non-hydrogen) atoms. The van der Waals surface area contributed by atoms with Crippen LogP contribution in [0.3, 0.4) is 0 Å². The third-order valence-corrected chi connectivity index (χ3v) is 4.35. The van der Waals surface area contributed by atoms with Gasteiger partial charge in [0.2, 0.25) is 5.91 Å². The highest BCUT2D eigenvalue weighted by atomic mass is 16.5. The fraction of sp³-hybridized carbons (Fsp3) is 0.421. The minimum Gasteiger partial charge on any atom is -0.384 e. The minimum atomic E-state index is 0.0357. The molecule has 132 valence electrons. The Bertz CT molecular complexity index is 721. The topological polar surface area (TPSA) is 67.3 Å². The van der Waals surface area contributed by atoms with Crippen molar-refractivity contribution < 1.29 is 9.53 Å². The number of carbonyl (C=O) groups excluding carboxylic acids is 1. The van der Waals surface area contributed by atoms with Crippen molar-refractivity contribution in [3.05, 3.63) is 47.9 Å². The number of nitrogens with one attached hydrogen (secondary N) is 1. The predicted molar refractivity (Wildman–Crippen MR) is 96.7 cm³/mol. The molecule has 0 aromatic carbocycles. The summed E-state index contributed by atoms with van der Waals surface area (Å²) >= 11 is 0. The third kappa shape index (κ3) is 4.33. The van der Waals surface area contributed by atoms with E-state index in [1.54, 1.807) is 13.3 Å². The van der Waals surface area contributed by atoms with Crippen LogP contribution in [0.25, 0.3) is 0 Å². The number of likely N-dealkylation sites (tertiary alicyclic amines) is 1. The lowest BCUT2D eigenvalue weighted by Crippen LogP contribution is -2.31. The van der Waals surface area contributed by atoms with Gasteiger partial charge in [-0.3, -0.25) is 9.78 Å². The molecule has 6 nitrogen and oxygen atoms in total. The molecule has 3 heterocycles. The first-order valence-corrected chi connectivity index (χ1v) is 8.62. The summed E-state index contributed by atoms with van der Waals surface area (Å²) < 4.78 is 5.04. The maximum atomic E-state index is 12.4. The van der Waals surface area contributed by atoms with Crippen molar-refractivity contribution in [2.45, 2.75) is 32.2 Å². The van der Waals surface area contributed by atoms with Crippen LogP contribution in [0.4, 0.5) is 11.5 Å². The van der Waals surface area contributed by atoms with Crippen molar-refractivity contribution in [3.8, 4) is 0 Å². The van der Waals surface area contributed by atoms with E-state index in [4.69, 9.17) is 4.74 Å². The second-order valence-corrected chi connectivity index (χ2v) is 6.25. The van der Waals surface area contributed by atoms with Crippen LogP contribution in [0.2, 0.25) is 0 Å². The van der Waals surface area contributed by atoms with Gasteiger partial charge in [0, 0.05) is 31.2 Å². The van der Waals surface area contributed by atoms with Gasteiger partial charge in [-0.1, -0.05) is 6.07 Å². The van der Waals surface area contributed by atoms with Gasteiger partial charge in [-0.2, -0.15) is 0 Å². The molecule has 0 aliphatic carbocycles. The highest BCUT2D eigenvalue weighted by molar-refractivity contribution is 5.77. The molecule has 1 aliphatic heterocycles. The SMILES string of the molecule is COCCC(=O)N1CCC[C@H]1c1cc(Nc2ccccn2)cc(C)n1. The second-order valence-electron chi connectivity index (χ2n) is 6.25.